The summed E-state index contributed by atoms with van der Waals surface area (Å²) >= 11 is 0. The van der Waals surface area contributed by atoms with Crippen LogP contribution in [0.1, 0.15) is 11.1 Å². The summed E-state index contributed by atoms with van der Waals surface area (Å²) in [4.78, 5) is 0. The van der Waals surface area contributed by atoms with Crippen LogP contribution in [0.5, 0.6) is 0 Å². The molecule has 0 spiro atoms. The van der Waals surface area contributed by atoms with Gasteiger partial charge in [-0.2, -0.15) is 0 Å². The smallest absolute Gasteiger partial charge is 0.178 e. The zero-order valence-corrected chi connectivity index (χ0v) is 19.5. The number of benzene rings is 2. The summed E-state index contributed by atoms with van der Waals surface area (Å²) in [6.07, 6.45) is -7.31. The van der Waals surface area contributed by atoms with E-state index >= 15 is 4.48 Å². The molecule has 2 unspecified atom stereocenters. The largest absolute Gasteiger partial charge is 0.388 e. The van der Waals surface area contributed by atoms with Crippen LogP contribution < -0.4 is 0 Å². The van der Waals surface area contributed by atoms with Crippen molar-refractivity contribution in [2.75, 3.05) is 13.2 Å². The lowest BCUT2D eigenvalue weighted by Gasteiger charge is -2.46. The van der Waals surface area contributed by atoms with Gasteiger partial charge in [0.1, 0.15) is 48.7 Å². The molecule has 2 aromatic carbocycles. The van der Waals surface area contributed by atoms with Gasteiger partial charge in [-0.15, -0.1) is 9.60 Å². The first kappa shape index (κ1) is 24.4. The van der Waals surface area contributed by atoms with E-state index in [0.717, 1.165) is 11.1 Å². The number of halogens is 1. The van der Waals surface area contributed by atoms with E-state index in [4.69, 9.17) is 28.4 Å². The Morgan fingerprint density at radius 2 is 1.14 bits per heavy atom. The van der Waals surface area contributed by atoms with Gasteiger partial charge < -0.3 is 38.6 Å². The summed E-state index contributed by atoms with van der Waals surface area (Å²) in [5, 5.41) is 22.8. The fraction of sp³-hybridized carbons (Fsp3) is 0.538. The van der Waals surface area contributed by atoms with E-state index in [-0.39, 0.29) is 26.4 Å². The normalized spacial score (nSPS) is 39.6. The zero-order chi connectivity index (χ0) is 24.6. The van der Waals surface area contributed by atoms with Gasteiger partial charge in [-0.05, 0) is 11.1 Å². The fourth-order valence-corrected chi connectivity index (χ4v) is 5.40. The third-order valence-electron chi connectivity index (χ3n) is 7.27. The molecule has 4 heterocycles. The van der Waals surface area contributed by atoms with Crippen LogP contribution in [0.3, 0.4) is 0 Å². The zero-order valence-electron chi connectivity index (χ0n) is 19.5. The molecule has 4 saturated heterocycles. The summed E-state index contributed by atoms with van der Waals surface area (Å²) in [6, 6.07) is 16.5. The van der Waals surface area contributed by atoms with E-state index < -0.39 is 61.3 Å². The SMILES string of the molecule is O[C@@H]1[C@H](N(F)[C@@H]2[C@@H]3OCC(O3)[C@@H](OCc3ccccc3)[C@@H]2O)[C@@H]2OCC(O2)[C@H]1OCc1ccccc1. The second-order valence-corrected chi connectivity index (χ2v) is 9.58. The molecule has 2 N–H and O–H groups in total. The number of fused-ring (bicyclic) bond motifs is 4. The number of hydrogen-bond donors (Lipinski definition) is 2. The summed E-state index contributed by atoms with van der Waals surface area (Å²) < 4.78 is 51.1. The molecule has 4 fully saturated rings. The van der Waals surface area contributed by atoms with Crippen molar-refractivity contribution in [1.82, 2.24) is 5.12 Å². The average molecular weight is 504 g/mol. The minimum atomic E-state index is -1.28. The molecule has 9 nitrogen and oxygen atoms in total. The number of nitrogens with zero attached hydrogens (tertiary/aromatic N) is 1. The van der Waals surface area contributed by atoms with E-state index in [0.29, 0.717) is 5.12 Å². The fourth-order valence-electron chi connectivity index (χ4n) is 5.40. The highest BCUT2D eigenvalue weighted by atomic mass is 19.2. The van der Waals surface area contributed by atoms with Crippen molar-refractivity contribution in [3.8, 4) is 0 Å². The Kier molecular flexibility index (Phi) is 7.04. The second-order valence-electron chi connectivity index (χ2n) is 9.58. The maximum Gasteiger partial charge on any atom is 0.178 e. The van der Waals surface area contributed by atoms with Crippen molar-refractivity contribution in [3.05, 3.63) is 71.8 Å². The summed E-state index contributed by atoms with van der Waals surface area (Å²) in [7, 11) is 0. The highest BCUT2D eigenvalue weighted by Crippen LogP contribution is 2.39. The number of aliphatic hydroxyl groups excluding tert-OH is 2. The molecule has 0 aliphatic carbocycles. The van der Waals surface area contributed by atoms with Gasteiger partial charge in [-0.3, -0.25) is 0 Å². The van der Waals surface area contributed by atoms with Crippen molar-refractivity contribution in [3.63, 3.8) is 0 Å². The first-order valence-corrected chi connectivity index (χ1v) is 12.3. The van der Waals surface area contributed by atoms with Crippen LogP contribution in [-0.2, 0) is 41.6 Å². The summed E-state index contributed by atoms with van der Waals surface area (Å²) in [5.74, 6) is 0. The van der Waals surface area contributed by atoms with Gasteiger partial charge in [0, 0.05) is 0 Å². The van der Waals surface area contributed by atoms with E-state index in [1.807, 2.05) is 60.7 Å². The first-order valence-electron chi connectivity index (χ1n) is 12.3. The van der Waals surface area contributed by atoms with Crippen LogP contribution >= 0.6 is 0 Å². The topological polar surface area (TPSA) is 99.1 Å². The third kappa shape index (κ3) is 4.58. The molecule has 0 amide bonds. The molecule has 0 saturated carbocycles. The second kappa shape index (κ2) is 10.4. The molecule has 4 aliphatic heterocycles. The Balaban J connectivity index is 1.17. The Morgan fingerprint density at radius 1 is 0.722 bits per heavy atom. The maximum absolute atomic E-state index is 16.1. The Morgan fingerprint density at radius 3 is 1.56 bits per heavy atom. The molecular weight excluding hydrogens is 473 g/mol. The predicted octanol–water partition coefficient (Wildman–Crippen LogP) is 1.31. The van der Waals surface area contributed by atoms with Crippen LogP contribution in [0.4, 0.5) is 4.48 Å². The van der Waals surface area contributed by atoms with Crippen LogP contribution in [0.15, 0.2) is 60.7 Å². The summed E-state index contributed by atoms with van der Waals surface area (Å²) in [6.45, 7) is 0.786. The third-order valence-corrected chi connectivity index (χ3v) is 7.27. The van der Waals surface area contributed by atoms with E-state index in [9.17, 15) is 10.2 Å². The van der Waals surface area contributed by atoms with Gasteiger partial charge in [-0.1, -0.05) is 60.7 Å². The van der Waals surface area contributed by atoms with E-state index in [1.165, 1.54) is 0 Å². The Labute approximate surface area is 208 Å². The van der Waals surface area contributed by atoms with Gasteiger partial charge in [-0.25, -0.2) is 0 Å². The van der Waals surface area contributed by atoms with Crippen LogP contribution in [-0.4, -0.2) is 89.8 Å². The predicted molar refractivity (Wildman–Crippen MR) is 122 cm³/mol. The monoisotopic (exact) mass is 503 g/mol. The quantitative estimate of drug-likeness (QED) is 0.517. The van der Waals surface area contributed by atoms with Gasteiger partial charge >= 0.3 is 0 Å². The Bertz CT molecular complexity index is 922. The molecular formula is C26H30FNO8. The average Bonchev–Trinajstić information content (AvgIpc) is 3.51. The number of aliphatic hydroxyl groups is 2. The molecule has 194 valence electrons. The van der Waals surface area contributed by atoms with E-state index in [2.05, 4.69) is 0 Å². The number of rotatable bonds is 8. The Hall–Kier alpha value is -1.99. The molecule has 2 aromatic rings. The van der Waals surface area contributed by atoms with Gasteiger partial charge in [0.05, 0.1) is 26.4 Å². The maximum atomic E-state index is 16.1. The van der Waals surface area contributed by atoms with Crippen molar-refractivity contribution < 1.29 is 43.1 Å². The number of ether oxygens (including phenoxy) is 6. The molecule has 36 heavy (non-hydrogen) atoms. The molecule has 6 rings (SSSR count). The van der Waals surface area contributed by atoms with Crippen LogP contribution in [0.2, 0.25) is 0 Å². The lowest BCUT2D eigenvalue weighted by Crippen LogP contribution is -2.67. The van der Waals surface area contributed by atoms with Crippen LogP contribution in [0, 0.1) is 0 Å². The van der Waals surface area contributed by atoms with E-state index in [1.54, 1.807) is 0 Å². The van der Waals surface area contributed by atoms with Crippen molar-refractivity contribution in [2.45, 2.75) is 74.5 Å². The minimum absolute atomic E-state index is 0.167. The summed E-state index contributed by atoms with van der Waals surface area (Å²) in [5.41, 5.74) is 1.83. The molecule has 0 radical (unpaired) electrons. The molecule has 10 heteroatoms. The highest BCUT2D eigenvalue weighted by Gasteiger charge is 2.60. The van der Waals surface area contributed by atoms with Crippen molar-refractivity contribution in [2.24, 2.45) is 0 Å². The van der Waals surface area contributed by atoms with Crippen molar-refractivity contribution >= 4 is 0 Å². The van der Waals surface area contributed by atoms with Crippen molar-refractivity contribution in [1.29, 1.82) is 0 Å². The molecule has 10 atom stereocenters. The standard InChI is InChI=1S/C26H30FNO8/c27-28(19-21(29)23(17-13-33-25(19)35-17)31-11-15-7-3-1-4-8-15)20-22(30)24(18-14-34-26(20)36-18)32-12-16-9-5-2-6-10-16/h1-10,17-26,29-30H,11-14H2/t17?,18?,19-,20-,21+,22+,23+,24+,25+,26+/m0/s1. The number of hydrogen-bond acceptors (Lipinski definition) is 9. The molecule has 4 aliphatic rings. The highest BCUT2D eigenvalue weighted by molar-refractivity contribution is 5.15. The lowest BCUT2D eigenvalue weighted by molar-refractivity contribution is -0.304. The van der Waals surface area contributed by atoms with Gasteiger partial charge in [0.15, 0.2) is 12.6 Å². The minimum Gasteiger partial charge on any atom is -0.388 e. The van der Waals surface area contributed by atoms with Crippen LogP contribution in [0.25, 0.3) is 0 Å². The molecule has 4 bridgehead atoms. The lowest BCUT2D eigenvalue weighted by atomic mass is 9.93. The molecule has 0 aromatic heterocycles. The van der Waals surface area contributed by atoms with Gasteiger partial charge in [0.2, 0.25) is 0 Å². The first-order chi connectivity index (χ1) is 17.6. The van der Waals surface area contributed by atoms with Gasteiger partial charge in [0.25, 0.3) is 0 Å².